The lowest BCUT2D eigenvalue weighted by Gasteiger charge is -2.09. The van der Waals surface area contributed by atoms with Crippen molar-refractivity contribution in [2.24, 2.45) is 5.73 Å². The number of carbonyl (C=O) groups excluding carboxylic acids is 1. The number of nitrogens with one attached hydrogen (secondary N) is 2. The van der Waals surface area contributed by atoms with Crippen molar-refractivity contribution in [3.63, 3.8) is 0 Å². The molecule has 0 aromatic carbocycles. The molecule has 1 heterocycles. The Kier molecular flexibility index (Phi) is 5.42. The molecule has 0 fully saturated rings. The first-order valence-electron chi connectivity index (χ1n) is 5.78. The first kappa shape index (κ1) is 13.4. The lowest BCUT2D eigenvalue weighted by Crippen LogP contribution is -2.40. The molecule has 17 heavy (non-hydrogen) atoms. The van der Waals surface area contributed by atoms with E-state index in [4.69, 9.17) is 5.73 Å². The van der Waals surface area contributed by atoms with Crippen LogP contribution >= 0.6 is 0 Å². The second kappa shape index (κ2) is 6.85. The third kappa shape index (κ3) is 4.40. The van der Waals surface area contributed by atoms with Gasteiger partial charge in [0.2, 0.25) is 5.91 Å². The molecule has 0 radical (unpaired) electrons. The van der Waals surface area contributed by atoms with Gasteiger partial charge in [0, 0.05) is 12.2 Å². The summed E-state index contributed by atoms with van der Waals surface area (Å²) in [5.41, 5.74) is 7.90. The number of amides is 1. The van der Waals surface area contributed by atoms with Gasteiger partial charge in [-0.05, 0) is 31.7 Å². The van der Waals surface area contributed by atoms with Crippen LogP contribution in [-0.4, -0.2) is 28.7 Å². The Hall–Kier alpha value is -1.62. The molecule has 0 aliphatic rings. The van der Waals surface area contributed by atoms with Gasteiger partial charge in [-0.3, -0.25) is 9.89 Å². The van der Waals surface area contributed by atoms with Crippen molar-refractivity contribution in [3.05, 3.63) is 30.1 Å². The first-order valence-corrected chi connectivity index (χ1v) is 5.78. The maximum absolute atomic E-state index is 11.5. The van der Waals surface area contributed by atoms with Crippen LogP contribution in [0.5, 0.6) is 0 Å². The van der Waals surface area contributed by atoms with Gasteiger partial charge in [0.1, 0.15) is 0 Å². The normalized spacial score (nSPS) is 12.1. The van der Waals surface area contributed by atoms with E-state index in [-0.39, 0.29) is 5.91 Å². The molecule has 0 saturated carbocycles. The number of nitrogens with zero attached hydrogens (tertiary/aromatic N) is 1. The summed E-state index contributed by atoms with van der Waals surface area (Å²) in [5.74, 6) is -0.117. The topological polar surface area (TPSA) is 83.8 Å². The molecule has 0 aliphatic carbocycles. The lowest BCUT2D eigenvalue weighted by atomic mass is 10.1. The number of rotatable bonds is 7. The van der Waals surface area contributed by atoms with E-state index in [1.54, 1.807) is 6.08 Å². The molecular formula is C12H20N4O. The van der Waals surface area contributed by atoms with Crippen LogP contribution in [0.4, 0.5) is 0 Å². The molecular weight excluding hydrogens is 216 g/mol. The molecule has 1 amide bonds. The summed E-state index contributed by atoms with van der Waals surface area (Å²) in [4.78, 5) is 11.5. The Balaban J connectivity index is 2.18. The van der Waals surface area contributed by atoms with Crippen LogP contribution in [0.15, 0.2) is 18.9 Å². The van der Waals surface area contributed by atoms with E-state index in [1.807, 2.05) is 13.1 Å². The lowest BCUT2D eigenvalue weighted by molar-refractivity contribution is -0.122. The van der Waals surface area contributed by atoms with E-state index >= 15 is 0 Å². The number of carbonyl (C=O) groups is 1. The number of hydrogen-bond acceptors (Lipinski definition) is 3. The molecule has 94 valence electrons. The van der Waals surface area contributed by atoms with Crippen LogP contribution in [0.2, 0.25) is 0 Å². The third-order valence-electron chi connectivity index (χ3n) is 2.61. The second-order valence-electron chi connectivity index (χ2n) is 4.05. The first-order chi connectivity index (χ1) is 8.15. The Bertz CT molecular complexity index is 372. The average Bonchev–Trinajstić information content (AvgIpc) is 2.70. The van der Waals surface area contributed by atoms with Gasteiger partial charge in [-0.15, -0.1) is 6.58 Å². The monoisotopic (exact) mass is 236 g/mol. The number of hydrogen-bond donors (Lipinski definition) is 3. The molecule has 0 bridgehead atoms. The fraction of sp³-hybridized carbons (Fsp3) is 0.500. The highest BCUT2D eigenvalue weighted by molar-refractivity contribution is 5.81. The molecule has 4 N–H and O–H groups in total. The van der Waals surface area contributed by atoms with E-state index in [2.05, 4.69) is 22.1 Å². The molecule has 0 saturated heterocycles. The highest BCUT2D eigenvalue weighted by Crippen LogP contribution is 2.04. The van der Waals surface area contributed by atoms with Gasteiger partial charge in [-0.1, -0.05) is 6.08 Å². The minimum Gasteiger partial charge on any atom is -0.355 e. The molecule has 1 aromatic heterocycles. The van der Waals surface area contributed by atoms with Gasteiger partial charge in [-0.2, -0.15) is 5.10 Å². The van der Waals surface area contributed by atoms with Gasteiger partial charge in [-0.25, -0.2) is 0 Å². The van der Waals surface area contributed by atoms with Gasteiger partial charge < -0.3 is 11.1 Å². The van der Waals surface area contributed by atoms with Crippen molar-refractivity contribution in [1.82, 2.24) is 15.5 Å². The molecule has 5 heteroatoms. The van der Waals surface area contributed by atoms with E-state index in [1.165, 1.54) is 5.56 Å². The Morgan fingerprint density at radius 3 is 3.12 bits per heavy atom. The zero-order chi connectivity index (χ0) is 12.7. The van der Waals surface area contributed by atoms with E-state index in [0.717, 1.165) is 18.5 Å². The predicted octanol–water partition coefficient (Wildman–Crippen LogP) is 0.670. The largest absolute Gasteiger partial charge is 0.355 e. The fourth-order valence-electron chi connectivity index (χ4n) is 1.54. The van der Waals surface area contributed by atoms with Crippen molar-refractivity contribution in [2.75, 3.05) is 6.54 Å². The van der Waals surface area contributed by atoms with Crippen molar-refractivity contribution < 1.29 is 4.79 Å². The van der Waals surface area contributed by atoms with Crippen LogP contribution in [0, 0.1) is 6.92 Å². The minimum absolute atomic E-state index is 0.117. The van der Waals surface area contributed by atoms with Gasteiger partial charge in [0.15, 0.2) is 0 Å². The van der Waals surface area contributed by atoms with Crippen LogP contribution in [0.25, 0.3) is 0 Å². The van der Waals surface area contributed by atoms with E-state index in [0.29, 0.717) is 13.0 Å². The Labute approximate surface area is 101 Å². The Morgan fingerprint density at radius 2 is 2.53 bits per heavy atom. The molecule has 1 unspecified atom stereocenters. The fourth-order valence-corrected chi connectivity index (χ4v) is 1.54. The quantitative estimate of drug-likeness (QED) is 0.480. The molecule has 0 aliphatic heterocycles. The van der Waals surface area contributed by atoms with Crippen LogP contribution in [0.3, 0.4) is 0 Å². The number of nitrogens with two attached hydrogens (primary N) is 1. The van der Waals surface area contributed by atoms with Crippen LogP contribution in [-0.2, 0) is 11.2 Å². The summed E-state index contributed by atoms with van der Waals surface area (Å²) < 4.78 is 0. The number of aromatic nitrogens is 2. The van der Waals surface area contributed by atoms with Gasteiger partial charge in [0.05, 0.1) is 12.2 Å². The van der Waals surface area contributed by atoms with Crippen molar-refractivity contribution in [1.29, 1.82) is 0 Å². The van der Waals surface area contributed by atoms with Crippen molar-refractivity contribution in [2.45, 2.75) is 32.2 Å². The molecule has 1 atom stereocenters. The number of aryl methyl sites for hydroxylation is 2. The summed E-state index contributed by atoms with van der Waals surface area (Å²) in [5, 5.41) is 9.64. The SMILES string of the molecule is C=CCC(N)C(=O)NCCCc1cn[nH]c1C. The average molecular weight is 236 g/mol. The molecule has 0 spiro atoms. The zero-order valence-corrected chi connectivity index (χ0v) is 10.2. The second-order valence-corrected chi connectivity index (χ2v) is 4.05. The van der Waals surface area contributed by atoms with Crippen LogP contribution in [0.1, 0.15) is 24.1 Å². The van der Waals surface area contributed by atoms with Gasteiger partial charge >= 0.3 is 0 Å². The summed E-state index contributed by atoms with van der Waals surface area (Å²) in [6.07, 6.45) is 5.76. The summed E-state index contributed by atoms with van der Waals surface area (Å²) in [7, 11) is 0. The summed E-state index contributed by atoms with van der Waals surface area (Å²) in [6.45, 7) is 6.17. The number of aromatic amines is 1. The van der Waals surface area contributed by atoms with Crippen molar-refractivity contribution >= 4 is 5.91 Å². The standard InChI is InChI=1S/C12H20N4O/c1-3-5-11(13)12(17)14-7-4-6-10-8-15-16-9(10)2/h3,8,11H,1,4-7,13H2,2H3,(H,14,17)(H,15,16). The smallest absolute Gasteiger partial charge is 0.237 e. The van der Waals surface area contributed by atoms with Crippen LogP contribution < -0.4 is 11.1 Å². The predicted molar refractivity (Wildman–Crippen MR) is 67.4 cm³/mol. The maximum atomic E-state index is 11.5. The van der Waals surface area contributed by atoms with E-state index in [9.17, 15) is 4.79 Å². The maximum Gasteiger partial charge on any atom is 0.237 e. The molecule has 1 aromatic rings. The number of H-pyrrole nitrogens is 1. The van der Waals surface area contributed by atoms with E-state index < -0.39 is 6.04 Å². The van der Waals surface area contributed by atoms with Gasteiger partial charge in [0.25, 0.3) is 0 Å². The molecule has 1 rings (SSSR count). The highest BCUT2D eigenvalue weighted by atomic mass is 16.2. The highest BCUT2D eigenvalue weighted by Gasteiger charge is 2.10. The summed E-state index contributed by atoms with van der Waals surface area (Å²) >= 11 is 0. The zero-order valence-electron chi connectivity index (χ0n) is 10.2. The third-order valence-corrected chi connectivity index (χ3v) is 2.61. The minimum atomic E-state index is -0.483. The Morgan fingerprint density at radius 1 is 1.76 bits per heavy atom. The summed E-state index contributed by atoms with van der Waals surface area (Å²) in [6, 6.07) is -0.483. The molecule has 5 nitrogen and oxygen atoms in total. The van der Waals surface area contributed by atoms with Crippen molar-refractivity contribution in [3.8, 4) is 0 Å².